The molecule has 0 spiro atoms. The summed E-state index contributed by atoms with van der Waals surface area (Å²) in [6.07, 6.45) is -0.224. The van der Waals surface area contributed by atoms with Crippen molar-refractivity contribution < 1.29 is 22.7 Å². The second kappa shape index (κ2) is 7.05. The summed E-state index contributed by atoms with van der Waals surface area (Å²) in [4.78, 5) is 19.9. The Kier molecular flexibility index (Phi) is 8.94. The summed E-state index contributed by atoms with van der Waals surface area (Å²) in [5, 5.41) is 16.3. The van der Waals surface area contributed by atoms with E-state index in [1.807, 2.05) is 0 Å². The van der Waals surface area contributed by atoms with Crippen LogP contribution in [0.4, 0.5) is 0 Å². The summed E-state index contributed by atoms with van der Waals surface area (Å²) in [6, 6.07) is -1.06. The second-order valence-corrected chi connectivity index (χ2v) is 1.88. The number of carboxylic acids is 2. The van der Waals surface area contributed by atoms with Crippen molar-refractivity contribution in [2.75, 3.05) is 0 Å². The van der Waals surface area contributed by atoms with Gasteiger partial charge in [0.25, 0.3) is 0 Å². The van der Waals surface area contributed by atoms with Crippen molar-refractivity contribution in [1.82, 2.24) is 0 Å². The fourth-order valence-corrected chi connectivity index (χ4v) is 0.402. The van der Waals surface area contributed by atoms with Gasteiger partial charge >= 0.3 is 57.4 Å². The van der Waals surface area contributed by atoms with E-state index in [1.54, 1.807) is 0 Å². The summed E-state index contributed by atoms with van der Waals surface area (Å²) < 4.78 is 0. The maximum Gasteiger partial charge on any atom is 2.00 e. The molecule has 0 heterocycles. The van der Waals surface area contributed by atoms with E-state index in [-0.39, 0.29) is 61.2 Å². The first-order valence-electron chi connectivity index (χ1n) is 2.74. The maximum absolute atomic E-state index is 9.99. The average molecular weight is 237 g/mol. The van der Waals surface area contributed by atoms with Crippen LogP contribution < -0.4 is 5.73 Å². The third kappa shape index (κ3) is 8.29. The van der Waals surface area contributed by atoms with E-state index in [0.717, 1.165) is 0 Å². The molecule has 0 radical (unpaired) electrons. The van der Waals surface area contributed by atoms with Crippen LogP contribution in [0.2, 0.25) is 0 Å². The van der Waals surface area contributed by atoms with Crippen molar-refractivity contribution in [3.05, 3.63) is 0 Å². The molecule has 0 rings (SSSR count). The Labute approximate surface area is 104 Å². The van der Waals surface area contributed by atoms with Gasteiger partial charge < -0.3 is 18.8 Å². The Morgan fingerprint density at radius 2 is 1.91 bits per heavy atom. The van der Waals surface area contributed by atoms with Gasteiger partial charge in [-0.1, -0.05) is 0 Å². The van der Waals surface area contributed by atoms with Crippen LogP contribution >= 0.6 is 0 Å². The van der Waals surface area contributed by atoms with Gasteiger partial charge in [-0.05, 0) is 6.42 Å². The molecule has 1 atom stereocenters. The van der Waals surface area contributed by atoms with Crippen molar-refractivity contribution in [2.24, 2.45) is 5.73 Å². The standard InChI is InChI=1S/C5H9NO4.Sr.2H/c6-3(5(9)10)1-2-4(7)8;;;/h3H,1-2,6H2,(H,7,8)(H,9,10);;;/q;+2;2*-1/t3-;;;/m0.../s1. The van der Waals surface area contributed by atoms with E-state index in [1.165, 1.54) is 0 Å². The van der Waals surface area contributed by atoms with Gasteiger partial charge in [0.05, 0.1) is 0 Å². The Balaban J connectivity index is -0.000000135. The fourth-order valence-electron chi connectivity index (χ4n) is 0.402. The first-order chi connectivity index (χ1) is 4.54. The van der Waals surface area contributed by atoms with Crippen molar-refractivity contribution in [2.45, 2.75) is 18.9 Å². The minimum atomic E-state index is -1.17. The molecule has 0 aliphatic rings. The van der Waals surface area contributed by atoms with E-state index in [9.17, 15) is 9.59 Å². The molecule has 5 nitrogen and oxygen atoms in total. The van der Waals surface area contributed by atoms with Crippen LogP contribution in [0.25, 0.3) is 0 Å². The number of hydrogen-bond acceptors (Lipinski definition) is 3. The van der Waals surface area contributed by atoms with Crippen molar-refractivity contribution >= 4 is 57.4 Å². The Morgan fingerprint density at radius 1 is 1.45 bits per heavy atom. The Morgan fingerprint density at radius 3 is 2.18 bits per heavy atom. The molecule has 6 heteroatoms. The molecule has 0 unspecified atom stereocenters. The average Bonchev–Trinajstić information content (AvgIpc) is 1.82. The normalized spacial score (nSPS) is 11.4. The van der Waals surface area contributed by atoms with Gasteiger partial charge in [0.2, 0.25) is 0 Å². The molecule has 4 N–H and O–H groups in total. The van der Waals surface area contributed by atoms with Gasteiger partial charge in [0.15, 0.2) is 0 Å². The van der Waals surface area contributed by atoms with Crippen LogP contribution in [0.15, 0.2) is 0 Å². The first kappa shape index (κ1) is 13.9. The molecule has 62 valence electrons. The molecule has 0 saturated carbocycles. The third-order valence-corrected chi connectivity index (χ3v) is 0.986. The van der Waals surface area contributed by atoms with Crippen LogP contribution in [0.3, 0.4) is 0 Å². The van der Waals surface area contributed by atoms with Gasteiger partial charge in [-0.15, -0.1) is 0 Å². The van der Waals surface area contributed by atoms with Gasteiger partial charge in [0, 0.05) is 6.42 Å². The molecule has 0 saturated heterocycles. The summed E-state index contributed by atoms with van der Waals surface area (Å²) >= 11 is 0. The van der Waals surface area contributed by atoms with E-state index in [4.69, 9.17) is 15.9 Å². The molecule has 0 aliphatic heterocycles. The SMILES string of the molecule is N[C@@H](CCC(=O)O)C(=O)O.[H-].[H-].[Sr+2]. The van der Waals surface area contributed by atoms with Gasteiger partial charge in [-0.2, -0.15) is 0 Å². The molecule has 11 heavy (non-hydrogen) atoms. The number of aliphatic carboxylic acids is 2. The Hall–Kier alpha value is 0.381. The minimum Gasteiger partial charge on any atom is -1.00 e. The molecule has 0 aromatic rings. The predicted octanol–water partition coefficient (Wildman–Crippen LogP) is -0.893. The van der Waals surface area contributed by atoms with E-state index in [0.29, 0.717) is 0 Å². The van der Waals surface area contributed by atoms with Crippen LogP contribution in [0, 0.1) is 0 Å². The largest absolute Gasteiger partial charge is 2.00 e. The first-order valence-corrected chi connectivity index (χ1v) is 2.74. The van der Waals surface area contributed by atoms with E-state index < -0.39 is 18.0 Å². The molecule has 0 aromatic heterocycles. The molecular formula is C5H11NO4Sr. The molecule has 0 fully saturated rings. The summed E-state index contributed by atoms with van der Waals surface area (Å²) in [5.74, 6) is -2.20. The van der Waals surface area contributed by atoms with Crippen molar-refractivity contribution in [1.29, 1.82) is 0 Å². The van der Waals surface area contributed by atoms with E-state index in [2.05, 4.69) is 0 Å². The van der Waals surface area contributed by atoms with Crippen LogP contribution in [-0.4, -0.2) is 73.7 Å². The monoisotopic (exact) mass is 237 g/mol. The zero-order valence-electron chi connectivity index (χ0n) is 7.99. The van der Waals surface area contributed by atoms with Crippen LogP contribution in [0.5, 0.6) is 0 Å². The zero-order chi connectivity index (χ0) is 8.15. The van der Waals surface area contributed by atoms with Gasteiger partial charge in [-0.3, -0.25) is 9.59 Å². The quantitative estimate of drug-likeness (QED) is 0.550. The molecule has 0 bridgehead atoms. The van der Waals surface area contributed by atoms with Crippen molar-refractivity contribution in [3.63, 3.8) is 0 Å². The smallest absolute Gasteiger partial charge is 1.00 e. The number of rotatable bonds is 4. The van der Waals surface area contributed by atoms with Crippen LogP contribution in [0.1, 0.15) is 15.7 Å². The molecule has 0 aromatic carbocycles. The fraction of sp³-hybridized carbons (Fsp3) is 0.600. The number of hydrogen-bond donors (Lipinski definition) is 3. The van der Waals surface area contributed by atoms with Gasteiger partial charge in [0.1, 0.15) is 6.04 Å². The molecular weight excluding hydrogens is 226 g/mol. The van der Waals surface area contributed by atoms with Crippen molar-refractivity contribution in [3.8, 4) is 0 Å². The Bertz CT molecular complexity index is 157. The summed E-state index contributed by atoms with van der Waals surface area (Å²) in [5.41, 5.74) is 5.00. The molecule has 0 aliphatic carbocycles. The number of carboxylic acid groups (broad SMARTS) is 2. The third-order valence-electron chi connectivity index (χ3n) is 0.986. The summed E-state index contributed by atoms with van der Waals surface area (Å²) in [6.45, 7) is 0. The zero-order valence-corrected chi connectivity index (χ0v) is 9.46. The minimum absolute atomic E-state index is 0. The number of nitrogens with two attached hydrogens (primary N) is 1. The summed E-state index contributed by atoms with van der Waals surface area (Å²) in [7, 11) is 0. The maximum atomic E-state index is 9.99. The number of carbonyl (C=O) groups is 2. The van der Waals surface area contributed by atoms with Gasteiger partial charge in [-0.25, -0.2) is 0 Å². The van der Waals surface area contributed by atoms with Crippen LogP contribution in [-0.2, 0) is 9.59 Å². The topological polar surface area (TPSA) is 101 Å². The second-order valence-electron chi connectivity index (χ2n) is 1.88. The van der Waals surface area contributed by atoms with E-state index >= 15 is 0 Å². The molecule has 0 amide bonds. The predicted molar refractivity (Wildman–Crippen MR) is 40.5 cm³/mol.